The Bertz CT molecular complexity index is 867. The standard InChI is InChI=1S/C23H30N4O2/c1-4-20-15-26(3)21-12-7-6-9-18(21)14-27(20)16-22(28)25-19-11-8-10-17(13-19)23(29)24-5-2/h6-13,20H,4-5,14-16H2,1-3H3,(H,24,29)(H,25,28). The topological polar surface area (TPSA) is 64.7 Å². The molecule has 1 aliphatic heterocycles. The van der Waals surface area contributed by atoms with Crippen LogP contribution in [0.2, 0.25) is 0 Å². The maximum absolute atomic E-state index is 12.8. The van der Waals surface area contributed by atoms with Gasteiger partial charge in [-0.1, -0.05) is 31.2 Å². The average Bonchev–Trinajstić information content (AvgIpc) is 2.84. The molecule has 2 amide bonds. The van der Waals surface area contributed by atoms with E-state index in [-0.39, 0.29) is 11.8 Å². The molecule has 0 saturated carbocycles. The van der Waals surface area contributed by atoms with Gasteiger partial charge in [0.05, 0.1) is 6.54 Å². The van der Waals surface area contributed by atoms with Gasteiger partial charge in [0.15, 0.2) is 0 Å². The van der Waals surface area contributed by atoms with E-state index in [0.717, 1.165) is 19.5 Å². The first kappa shape index (κ1) is 20.9. The van der Waals surface area contributed by atoms with Gasteiger partial charge in [-0.2, -0.15) is 0 Å². The number of benzene rings is 2. The highest BCUT2D eigenvalue weighted by atomic mass is 16.2. The summed E-state index contributed by atoms with van der Waals surface area (Å²) in [6.45, 7) is 6.54. The van der Waals surface area contributed by atoms with Crippen LogP contribution in [0.25, 0.3) is 0 Å². The van der Waals surface area contributed by atoms with E-state index in [2.05, 4.69) is 52.6 Å². The molecule has 1 atom stereocenters. The minimum absolute atomic E-state index is 0.0708. The zero-order valence-corrected chi connectivity index (χ0v) is 17.4. The lowest BCUT2D eigenvalue weighted by atomic mass is 10.1. The molecule has 0 fully saturated rings. The lowest BCUT2D eigenvalue weighted by Gasteiger charge is -2.30. The highest BCUT2D eigenvalue weighted by molar-refractivity contribution is 5.97. The maximum Gasteiger partial charge on any atom is 0.251 e. The van der Waals surface area contributed by atoms with Crippen LogP contribution in [0.5, 0.6) is 0 Å². The Morgan fingerprint density at radius 2 is 1.90 bits per heavy atom. The second kappa shape index (κ2) is 9.56. The van der Waals surface area contributed by atoms with Gasteiger partial charge in [-0.3, -0.25) is 14.5 Å². The normalized spacial score (nSPS) is 16.7. The van der Waals surface area contributed by atoms with E-state index < -0.39 is 0 Å². The molecule has 0 aliphatic carbocycles. The number of anilines is 2. The molecule has 0 bridgehead atoms. The van der Waals surface area contributed by atoms with Gasteiger partial charge in [-0.15, -0.1) is 0 Å². The van der Waals surface area contributed by atoms with Crippen molar-refractivity contribution in [2.24, 2.45) is 0 Å². The van der Waals surface area contributed by atoms with Gasteiger partial charge in [0.25, 0.3) is 5.91 Å². The lowest BCUT2D eigenvalue weighted by Crippen LogP contribution is -2.43. The predicted octanol–water partition coefficient (Wildman–Crippen LogP) is 3.11. The van der Waals surface area contributed by atoms with Crippen LogP contribution in [0.4, 0.5) is 11.4 Å². The zero-order valence-electron chi connectivity index (χ0n) is 17.4. The number of hydrogen-bond donors (Lipinski definition) is 2. The van der Waals surface area contributed by atoms with Gasteiger partial charge in [-0.25, -0.2) is 0 Å². The van der Waals surface area contributed by atoms with E-state index in [1.54, 1.807) is 18.2 Å². The van der Waals surface area contributed by atoms with Gasteiger partial charge < -0.3 is 15.5 Å². The van der Waals surface area contributed by atoms with Crippen molar-refractivity contribution in [1.29, 1.82) is 0 Å². The number of nitrogens with one attached hydrogen (secondary N) is 2. The molecule has 154 valence electrons. The van der Waals surface area contributed by atoms with E-state index in [9.17, 15) is 9.59 Å². The van der Waals surface area contributed by atoms with Gasteiger partial charge in [0.1, 0.15) is 0 Å². The van der Waals surface area contributed by atoms with E-state index >= 15 is 0 Å². The summed E-state index contributed by atoms with van der Waals surface area (Å²) in [6, 6.07) is 15.7. The second-order valence-corrected chi connectivity index (χ2v) is 7.46. The highest BCUT2D eigenvalue weighted by Gasteiger charge is 2.26. The molecule has 2 aromatic rings. The third-order valence-electron chi connectivity index (χ3n) is 5.34. The first-order valence-electron chi connectivity index (χ1n) is 10.2. The summed E-state index contributed by atoms with van der Waals surface area (Å²) >= 11 is 0. The second-order valence-electron chi connectivity index (χ2n) is 7.46. The fraction of sp³-hybridized carbons (Fsp3) is 0.391. The van der Waals surface area contributed by atoms with Crippen molar-refractivity contribution in [2.75, 3.05) is 36.9 Å². The molecular formula is C23H30N4O2. The first-order valence-corrected chi connectivity index (χ1v) is 10.2. The number of rotatable bonds is 6. The molecule has 29 heavy (non-hydrogen) atoms. The summed E-state index contributed by atoms with van der Waals surface area (Å²) in [7, 11) is 2.11. The predicted molar refractivity (Wildman–Crippen MR) is 117 cm³/mol. The number of amides is 2. The number of hydrogen-bond acceptors (Lipinski definition) is 4. The minimum Gasteiger partial charge on any atom is -0.373 e. The van der Waals surface area contributed by atoms with Crippen LogP contribution in [0.15, 0.2) is 48.5 Å². The minimum atomic E-state index is -0.137. The van der Waals surface area contributed by atoms with Crippen LogP contribution in [-0.4, -0.2) is 49.4 Å². The fourth-order valence-electron chi connectivity index (χ4n) is 3.85. The summed E-state index contributed by atoms with van der Waals surface area (Å²) < 4.78 is 0. The summed E-state index contributed by atoms with van der Waals surface area (Å²) in [5.41, 5.74) is 3.64. The molecule has 1 heterocycles. The number of carbonyl (C=O) groups is 2. The van der Waals surface area contributed by atoms with Crippen LogP contribution in [0.3, 0.4) is 0 Å². The number of para-hydroxylation sites is 1. The monoisotopic (exact) mass is 394 g/mol. The van der Waals surface area contributed by atoms with Gasteiger partial charge in [-0.05, 0) is 43.2 Å². The zero-order chi connectivity index (χ0) is 20.8. The molecule has 2 N–H and O–H groups in total. The van der Waals surface area contributed by atoms with Crippen molar-refractivity contribution in [2.45, 2.75) is 32.9 Å². The van der Waals surface area contributed by atoms with E-state index in [4.69, 9.17) is 0 Å². The molecule has 1 unspecified atom stereocenters. The lowest BCUT2D eigenvalue weighted by molar-refractivity contribution is -0.118. The number of carbonyl (C=O) groups excluding carboxylic acids is 2. The Labute approximate surface area is 172 Å². The summed E-state index contributed by atoms with van der Waals surface area (Å²) in [5.74, 6) is -0.208. The molecule has 0 aromatic heterocycles. The smallest absolute Gasteiger partial charge is 0.251 e. The Morgan fingerprint density at radius 3 is 2.66 bits per heavy atom. The average molecular weight is 395 g/mol. The van der Waals surface area contributed by atoms with E-state index in [1.807, 2.05) is 19.1 Å². The summed E-state index contributed by atoms with van der Waals surface area (Å²) in [4.78, 5) is 29.3. The first-order chi connectivity index (χ1) is 14.0. The van der Waals surface area contributed by atoms with E-state index in [1.165, 1.54) is 11.3 Å². The molecule has 0 spiro atoms. The Kier molecular flexibility index (Phi) is 6.88. The molecule has 1 aliphatic rings. The summed E-state index contributed by atoms with van der Waals surface area (Å²) in [5, 5.41) is 5.73. The Balaban J connectivity index is 1.71. The third-order valence-corrected chi connectivity index (χ3v) is 5.34. The third kappa shape index (κ3) is 5.15. The molecule has 0 radical (unpaired) electrons. The van der Waals surface area contributed by atoms with Crippen LogP contribution < -0.4 is 15.5 Å². The fourth-order valence-corrected chi connectivity index (χ4v) is 3.85. The van der Waals surface area contributed by atoms with Crippen molar-refractivity contribution in [3.05, 3.63) is 59.7 Å². The van der Waals surface area contributed by atoms with Crippen molar-refractivity contribution in [1.82, 2.24) is 10.2 Å². The number of nitrogens with zero attached hydrogens (tertiary/aromatic N) is 2. The van der Waals surface area contributed by atoms with Gasteiger partial charge >= 0.3 is 0 Å². The highest BCUT2D eigenvalue weighted by Crippen LogP contribution is 2.27. The summed E-state index contributed by atoms with van der Waals surface area (Å²) in [6.07, 6.45) is 0.971. The molecule has 3 rings (SSSR count). The van der Waals surface area contributed by atoms with Crippen LogP contribution in [0, 0.1) is 0 Å². The van der Waals surface area contributed by atoms with Crippen molar-refractivity contribution < 1.29 is 9.59 Å². The number of likely N-dealkylation sites (N-methyl/N-ethyl adjacent to an activating group) is 1. The molecule has 2 aromatic carbocycles. The quantitative estimate of drug-likeness (QED) is 0.790. The Morgan fingerprint density at radius 1 is 1.10 bits per heavy atom. The Hall–Kier alpha value is -2.86. The molecular weight excluding hydrogens is 364 g/mol. The van der Waals surface area contributed by atoms with Crippen LogP contribution >= 0.6 is 0 Å². The van der Waals surface area contributed by atoms with E-state index in [0.29, 0.717) is 30.4 Å². The number of fused-ring (bicyclic) bond motifs is 1. The van der Waals surface area contributed by atoms with Gasteiger partial charge in [0, 0.05) is 49.7 Å². The SMILES string of the molecule is CCNC(=O)c1cccc(NC(=O)CN2Cc3ccccc3N(C)CC2CC)c1. The van der Waals surface area contributed by atoms with Gasteiger partial charge in [0.2, 0.25) is 5.91 Å². The largest absolute Gasteiger partial charge is 0.373 e. The molecule has 0 saturated heterocycles. The van der Waals surface area contributed by atoms with Crippen LogP contribution in [-0.2, 0) is 11.3 Å². The molecule has 6 nitrogen and oxygen atoms in total. The maximum atomic E-state index is 12.8. The van der Waals surface area contributed by atoms with Crippen molar-refractivity contribution in [3.8, 4) is 0 Å². The molecule has 6 heteroatoms. The van der Waals surface area contributed by atoms with Crippen LogP contribution in [0.1, 0.15) is 36.2 Å². The van der Waals surface area contributed by atoms with Crippen molar-refractivity contribution in [3.63, 3.8) is 0 Å². The van der Waals surface area contributed by atoms with Crippen molar-refractivity contribution >= 4 is 23.2 Å².